The van der Waals surface area contributed by atoms with Crippen LogP contribution in [0.25, 0.3) is 11.4 Å². The summed E-state index contributed by atoms with van der Waals surface area (Å²) in [6.45, 7) is 7.62. The summed E-state index contributed by atoms with van der Waals surface area (Å²) in [5.74, 6) is -1.68. The minimum absolute atomic E-state index is 0.129. The van der Waals surface area contributed by atoms with E-state index in [-0.39, 0.29) is 28.8 Å². The number of benzene rings is 2. The van der Waals surface area contributed by atoms with Gasteiger partial charge in [0.25, 0.3) is 5.78 Å². The zero-order chi connectivity index (χ0) is 31.0. The normalized spacial score (nSPS) is 16.2. The van der Waals surface area contributed by atoms with Gasteiger partial charge in [0.05, 0.1) is 17.3 Å². The molecule has 1 amide bonds. The average molecular weight is 628 g/mol. The van der Waals surface area contributed by atoms with E-state index in [0.29, 0.717) is 38.3 Å². The quantitative estimate of drug-likeness (QED) is 0.0498. The molecule has 1 saturated heterocycles. The van der Waals surface area contributed by atoms with Crippen LogP contribution in [0.3, 0.4) is 0 Å². The van der Waals surface area contributed by atoms with Gasteiger partial charge in [-0.3, -0.25) is 14.5 Å². The maximum atomic E-state index is 14.2. The van der Waals surface area contributed by atoms with Gasteiger partial charge in [-0.25, -0.2) is 9.37 Å². The van der Waals surface area contributed by atoms with Gasteiger partial charge in [-0.05, 0) is 54.8 Å². The van der Waals surface area contributed by atoms with Crippen molar-refractivity contribution in [1.29, 1.82) is 0 Å². The number of aryl methyl sites for hydroxylation is 2. The number of fused-ring (bicyclic) bond motifs is 1. The Kier molecular flexibility index (Phi) is 8.02. The first-order chi connectivity index (χ1) is 21.3. The second-order valence-corrected chi connectivity index (χ2v) is 12.2. The summed E-state index contributed by atoms with van der Waals surface area (Å²) in [5, 5.41) is 20.3. The number of aromatic nitrogens is 4. The first-order valence-electron chi connectivity index (χ1n) is 13.6. The van der Waals surface area contributed by atoms with Crippen LogP contribution < -0.4 is 9.64 Å². The van der Waals surface area contributed by atoms with E-state index < -0.39 is 23.5 Å². The number of imidazole rings is 1. The predicted octanol–water partition coefficient (Wildman–Crippen LogP) is 6.43. The summed E-state index contributed by atoms with van der Waals surface area (Å²) in [4.78, 5) is 33.3. The Morgan fingerprint density at radius 3 is 2.73 bits per heavy atom. The van der Waals surface area contributed by atoms with Crippen molar-refractivity contribution in [3.63, 3.8) is 0 Å². The van der Waals surface area contributed by atoms with Crippen LogP contribution >= 0.6 is 23.1 Å². The van der Waals surface area contributed by atoms with Crippen molar-refractivity contribution < 1.29 is 23.8 Å². The van der Waals surface area contributed by atoms with Gasteiger partial charge in [0.2, 0.25) is 5.13 Å². The highest BCUT2D eigenvalue weighted by molar-refractivity contribution is 8.00. The first-order valence-corrected chi connectivity index (χ1v) is 15.4. The number of Topliss-reactive ketones (excluding diaryl/α,β-unsaturated/α-hetero) is 1. The fourth-order valence-corrected chi connectivity index (χ4v) is 6.92. The Bertz CT molecular complexity index is 1970. The van der Waals surface area contributed by atoms with E-state index >= 15 is 0 Å². The lowest BCUT2D eigenvalue weighted by Crippen LogP contribution is -2.29. The molecule has 1 aliphatic rings. The number of anilines is 1. The summed E-state index contributed by atoms with van der Waals surface area (Å²) in [7, 11) is 0. The Balaban J connectivity index is 1.45. The monoisotopic (exact) mass is 627 g/mol. The molecule has 6 rings (SSSR count). The zero-order valence-electron chi connectivity index (χ0n) is 23.7. The van der Waals surface area contributed by atoms with Crippen LogP contribution in [0.15, 0.2) is 89.4 Å². The number of pyridine rings is 1. The molecule has 2 aromatic carbocycles. The number of carbonyl (C=O) groups excluding carboxylic acids is 2. The van der Waals surface area contributed by atoms with E-state index in [2.05, 4.69) is 21.8 Å². The lowest BCUT2D eigenvalue weighted by atomic mass is 9.96. The molecule has 5 aromatic rings. The van der Waals surface area contributed by atoms with Crippen LogP contribution in [0, 0.1) is 19.7 Å². The number of ether oxygens (including phenoxy) is 1. The third-order valence-electron chi connectivity index (χ3n) is 7.21. The topological polar surface area (TPSA) is 110 Å². The molecule has 0 aliphatic carbocycles. The Hall–Kier alpha value is -4.81. The summed E-state index contributed by atoms with van der Waals surface area (Å²) in [6.07, 6.45) is 3.42. The van der Waals surface area contributed by atoms with E-state index in [0.717, 1.165) is 16.9 Å². The smallest absolute Gasteiger partial charge is 0.301 e. The Labute approximate surface area is 260 Å². The second kappa shape index (κ2) is 12.1. The number of thioether (sulfide) groups is 1. The third-order valence-corrected chi connectivity index (χ3v) is 9.31. The molecule has 1 aliphatic heterocycles. The van der Waals surface area contributed by atoms with Gasteiger partial charge in [-0.1, -0.05) is 72.2 Å². The number of ketones is 1. The molecule has 0 radical (unpaired) electrons. The molecule has 0 bridgehead atoms. The summed E-state index contributed by atoms with van der Waals surface area (Å²) in [6, 6.07) is 16.1. The molecule has 1 N–H and O–H groups in total. The van der Waals surface area contributed by atoms with Crippen LogP contribution in [-0.2, 0) is 15.3 Å². The van der Waals surface area contributed by atoms with Crippen molar-refractivity contribution in [1.82, 2.24) is 19.6 Å². The SMILES string of the molecule is C=CCOc1cccc(C2/C(=C(\O)c3nc4c(C)cccn4c3C)C(=O)C(=O)N2c2nnc(SCc3ccccc3F)s2)c1. The highest BCUT2D eigenvalue weighted by Crippen LogP contribution is 2.45. The standard InChI is InChI=1S/C32H26FN5O4S2/c1-4-15-42-22-12-7-11-20(16-22)26-24(27(39)25-19(3)37-14-8-9-18(2)29(37)34-25)28(40)30(41)38(26)31-35-36-32(44-31)43-17-21-10-5-6-13-23(21)33/h4-14,16,26,39H,1,15,17H2,2-3H3/b27-24+. The molecule has 1 atom stereocenters. The van der Waals surface area contributed by atoms with Gasteiger partial charge in [0.1, 0.15) is 29.5 Å². The maximum absolute atomic E-state index is 14.2. The first kappa shape index (κ1) is 29.3. The number of nitrogens with zero attached hydrogens (tertiary/aromatic N) is 5. The third kappa shape index (κ3) is 5.26. The van der Waals surface area contributed by atoms with Crippen LogP contribution in [0.4, 0.5) is 9.52 Å². The van der Waals surface area contributed by atoms with Crippen LogP contribution in [0.1, 0.15) is 34.1 Å². The Morgan fingerprint density at radius 1 is 1.14 bits per heavy atom. The molecule has 12 heteroatoms. The van der Waals surface area contributed by atoms with Gasteiger partial charge in [-0.2, -0.15) is 0 Å². The number of hydrogen-bond donors (Lipinski definition) is 1. The summed E-state index contributed by atoms with van der Waals surface area (Å²) >= 11 is 2.36. The van der Waals surface area contributed by atoms with E-state index in [1.54, 1.807) is 55.5 Å². The van der Waals surface area contributed by atoms with Crippen LogP contribution in [0.5, 0.6) is 5.75 Å². The Morgan fingerprint density at radius 2 is 1.95 bits per heavy atom. The minimum atomic E-state index is -1.05. The molecule has 9 nitrogen and oxygen atoms in total. The predicted molar refractivity (Wildman–Crippen MR) is 167 cm³/mol. The van der Waals surface area contributed by atoms with Gasteiger partial charge < -0.3 is 14.2 Å². The number of aliphatic hydroxyl groups is 1. The highest BCUT2D eigenvalue weighted by Gasteiger charge is 2.49. The largest absolute Gasteiger partial charge is 0.505 e. The molecule has 44 heavy (non-hydrogen) atoms. The highest BCUT2D eigenvalue weighted by atomic mass is 32.2. The molecule has 4 heterocycles. The van der Waals surface area contributed by atoms with Crippen LogP contribution in [0.2, 0.25) is 0 Å². The number of amides is 1. The minimum Gasteiger partial charge on any atom is -0.505 e. The molecule has 1 fully saturated rings. The number of rotatable bonds is 9. The molecular formula is C32H26FN5O4S2. The second-order valence-electron chi connectivity index (χ2n) is 10.0. The molecule has 0 saturated carbocycles. The zero-order valence-corrected chi connectivity index (χ0v) is 25.4. The molecular weight excluding hydrogens is 602 g/mol. The fourth-order valence-electron chi connectivity index (χ4n) is 5.06. The van der Waals surface area contributed by atoms with E-state index in [4.69, 9.17) is 4.74 Å². The fraction of sp³-hybridized carbons (Fsp3) is 0.156. The van der Waals surface area contributed by atoms with Gasteiger partial charge in [0, 0.05) is 11.9 Å². The number of carbonyl (C=O) groups is 2. The van der Waals surface area contributed by atoms with Crippen molar-refractivity contribution in [3.05, 3.63) is 119 Å². The van der Waals surface area contributed by atoms with Crippen LogP contribution in [-0.4, -0.2) is 43.0 Å². The lowest BCUT2D eigenvalue weighted by molar-refractivity contribution is -0.132. The molecule has 222 valence electrons. The van der Waals surface area contributed by atoms with E-state index in [1.807, 2.05) is 29.7 Å². The van der Waals surface area contributed by atoms with Crippen molar-refractivity contribution in [2.75, 3.05) is 11.5 Å². The van der Waals surface area contributed by atoms with Gasteiger partial charge in [0.15, 0.2) is 10.1 Å². The van der Waals surface area contributed by atoms with Gasteiger partial charge >= 0.3 is 5.91 Å². The lowest BCUT2D eigenvalue weighted by Gasteiger charge is -2.22. The molecule has 1 unspecified atom stereocenters. The van der Waals surface area contributed by atoms with E-state index in [9.17, 15) is 19.1 Å². The summed E-state index contributed by atoms with van der Waals surface area (Å²) in [5.41, 5.74) is 3.20. The summed E-state index contributed by atoms with van der Waals surface area (Å²) < 4.78 is 22.2. The van der Waals surface area contributed by atoms with Crippen molar-refractivity contribution >= 4 is 51.3 Å². The van der Waals surface area contributed by atoms with Crippen molar-refractivity contribution in [2.24, 2.45) is 0 Å². The number of halogens is 1. The average Bonchev–Trinajstić information content (AvgIpc) is 3.70. The molecule has 3 aromatic heterocycles. The van der Waals surface area contributed by atoms with Gasteiger partial charge in [-0.15, -0.1) is 10.2 Å². The number of aliphatic hydroxyl groups excluding tert-OH is 1. The van der Waals surface area contributed by atoms with E-state index in [1.165, 1.54) is 22.7 Å². The molecule has 0 spiro atoms. The van der Waals surface area contributed by atoms with Crippen molar-refractivity contribution in [2.45, 2.75) is 30.0 Å². The number of hydrogen-bond acceptors (Lipinski definition) is 9. The maximum Gasteiger partial charge on any atom is 0.301 e. The van der Waals surface area contributed by atoms with Crippen molar-refractivity contribution in [3.8, 4) is 5.75 Å².